The third-order valence-corrected chi connectivity index (χ3v) is 1.33. The van der Waals surface area contributed by atoms with Crippen molar-refractivity contribution in [1.82, 2.24) is 0 Å². The molecule has 1 heteroatoms. The molecule has 0 aliphatic heterocycles. The quantitative estimate of drug-likeness (QED) is 0.381. The van der Waals surface area contributed by atoms with Gasteiger partial charge in [0.15, 0.2) is 0 Å². The van der Waals surface area contributed by atoms with Crippen LogP contribution in [0.4, 0.5) is 0 Å². The van der Waals surface area contributed by atoms with Crippen LogP contribution >= 0.6 is 0 Å². The lowest BCUT2D eigenvalue weighted by Gasteiger charge is -1.79. The normalized spacial score (nSPS) is 11.0. The molecule has 0 bridgehead atoms. The highest BCUT2D eigenvalue weighted by atomic mass is 28.1. The van der Waals surface area contributed by atoms with Gasteiger partial charge in [0.1, 0.15) is 0 Å². The molecule has 0 heterocycles. The second-order valence-electron chi connectivity index (χ2n) is 1.67. The number of allylic oxidation sites excluding steroid dienone is 2. The second kappa shape index (κ2) is 5.96. The zero-order valence-corrected chi connectivity index (χ0v) is 7.28. The Morgan fingerprint density at radius 2 is 2.14 bits per heavy atom. The van der Waals surface area contributed by atoms with Gasteiger partial charge in [0.25, 0.3) is 0 Å². The number of hydrogen-bond acceptors (Lipinski definition) is 0. The van der Waals surface area contributed by atoms with Crippen molar-refractivity contribution < 1.29 is 0 Å². The SMILES string of the molecule is CCCC=CC[SiH3]. The molecule has 0 aromatic carbocycles. The number of rotatable bonds is 3. The van der Waals surface area contributed by atoms with Crippen molar-refractivity contribution in [3.63, 3.8) is 0 Å². The Balaban J connectivity index is 2.78. The highest BCUT2D eigenvalue weighted by Gasteiger charge is 1.68. The van der Waals surface area contributed by atoms with Crippen LogP contribution in [0, 0.1) is 0 Å². The van der Waals surface area contributed by atoms with Crippen LogP contribution in [-0.4, -0.2) is 10.2 Å². The summed E-state index contributed by atoms with van der Waals surface area (Å²) in [5.41, 5.74) is 0. The molecule has 0 fully saturated rings. The van der Waals surface area contributed by atoms with Crippen LogP contribution in [-0.2, 0) is 0 Å². The smallest absolute Gasteiger partial charge is 0.00754 e. The third-order valence-electron chi connectivity index (χ3n) is 0.858. The molecule has 0 unspecified atom stereocenters. The molecule has 0 aliphatic carbocycles. The molecule has 0 N–H and O–H groups in total. The Bertz CT molecular complexity index is 48.1. The summed E-state index contributed by atoms with van der Waals surface area (Å²) in [7, 11) is 1.32. The van der Waals surface area contributed by atoms with Crippen LogP contribution in [0.25, 0.3) is 0 Å². The van der Waals surface area contributed by atoms with Gasteiger partial charge in [0.2, 0.25) is 0 Å². The van der Waals surface area contributed by atoms with Gasteiger partial charge in [-0.3, -0.25) is 0 Å². The molecule has 0 rings (SSSR count). The lowest BCUT2D eigenvalue weighted by atomic mass is 10.3. The minimum absolute atomic E-state index is 1.27. The van der Waals surface area contributed by atoms with Gasteiger partial charge in [-0.1, -0.05) is 25.5 Å². The summed E-state index contributed by atoms with van der Waals surface area (Å²) < 4.78 is 0. The van der Waals surface area contributed by atoms with E-state index < -0.39 is 0 Å². The fourth-order valence-electron chi connectivity index (χ4n) is 0.451. The van der Waals surface area contributed by atoms with Crippen LogP contribution in [0.2, 0.25) is 6.04 Å². The fraction of sp³-hybridized carbons (Fsp3) is 0.667. The monoisotopic (exact) mass is 114 g/mol. The Hall–Kier alpha value is -0.0431. The van der Waals surface area contributed by atoms with E-state index in [0.717, 1.165) is 0 Å². The summed E-state index contributed by atoms with van der Waals surface area (Å²) in [6, 6.07) is 1.32. The first-order valence-corrected chi connectivity index (χ1v) is 4.48. The average molecular weight is 114 g/mol. The molecule has 7 heavy (non-hydrogen) atoms. The predicted octanol–water partition coefficient (Wildman–Crippen LogP) is 1.13. The van der Waals surface area contributed by atoms with Gasteiger partial charge in [-0.05, 0) is 12.5 Å². The van der Waals surface area contributed by atoms with E-state index in [-0.39, 0.29) is 0 Å². The molecule has 0 radical (unpaired) electrons. The minimum atomic E-state index is 1.27. The summed E-state index contributed by atoms with van der Waals surface area (Å²) in [5.74, 6) is 0. The summed E-state index contributed by atoms with van der Waals surface area (Å²) >= 11 is 0. The summed E-state index contributed by atoms with van der Waals surface area (Å²) in [4.78, 5) is 0. The maximum Gasteiger partial charge on any atom is 0.00754 e. The first kappa shape index (κ1) is 6.96. The molecular formula is C6H14Si. The average Bonchev–Trinajstić information content (AvgIpc) is 1.69. The summed E-state index contributed by atoms with van der Waals surface area (Å²) in [5, 5.41) is 0. The van der Waals surface area contributed by atoms with Gasteiger partial charge in [-0.2, -0.15) is 0 Å². The van der Waals surface area contributed by atoms with E-state index in [0.29, 0.717) is 0 Å². The second-order valence-corrected chi connectivity index (χ2v) is 2.48. The van der Waals surface area contributed by atoms with E-state index in [1.54, 1.807) is 0 Å². The lowest BCUT2D eigenvalue weighted by molar-refractivity contribution is 0.957. The van der Waals surface area contributed by atoms with Crippen molar-refractivity contribution >= 4 is 10.2 Å². The zero-order chi connectivity index (χ0) is 5.54. The predicted molar refractivity (Wildman–Crippen MR) is 38.8 cm³/mol. The van der Waals surface area contributed by atoms with Crippen LogP contribution in [0.5, 0.6) is 0 Å². The minimum Gasteiger partial charge on any atom is -0.0921 e. The van der Waals surface area contributed by atoms with Crippen molar-refractivity contribution in [2.45, 2.75) is 25.8 Å². The van der Waals surface area contributed by atoms with Crippen LogP contribution in [0.3, 0.4) is 0 Å². The van der Waals surface area contributed by atoms with Crippen molar-refractivity contribution in [3.8, 4) is 0 Å². The molecular weight excluding hydrogens is 100 g/mol. The van der Waals surface area contributed by atoms with Gasteiger partial charge in [-0.25, -0.2) is 0 Å². The van der Waals surface area contributed by atoms with Gasteiger partial charge in [0.05, 0.1) is 0 Å². The number of hydrogen-bond donors (Lipinski definition) is 0. The van der Waals surface area contributed by atoms with Crippen molar-refractivity contribution in [3.05, 3.63) is 12.2 Å². The van der Waals surface area contributed by atoms with E-state index in [1.165, 1.54) is 29.1 Å². The van der Waals surface area contributed by atoms with Crippen molar-refractivity contribution in [2.24, 2.45) is 0 Å². The molecule has 0 spiro atoms. The van der Waals surface area contributed by atoms with Crippen LogP contribution in [0.15, 0.2) is 12.2 Å². The van der Waals surface area contributed by atoms with Gasteiger partial charge in [0, 0.05) is 10.2 Å². The van der Waals surface area contributed by atoms with Gasteiger partial charge in [-0.15, -0.1) is 0 Å². The lowest BCUT2D eigenvalue weighted by Crippen LogP contribution is -1.61. The molecule has 0 aromatic heterocycles. The van der Waals surface area contributed by atoms with Gasteiger partial charge < -0.3 is 0 Å². The molecule has 0 saturated heterocycles. The Labute approximate surface area is 49.0 Å². The van der Waals surface area contributed by atoms with E-state index in [4.69, 9.17) is 0 Å². The first-order valence-electron chi connectivity index (χ1n) is 3.06. The molecule has 0 aliphatic rings. The molecule has 0 atom stereocenters. The topological polar surface area (TPSA) is 0 Å². The van der Waals surface area contributed by atoms with E-state index in [9.17, 15) is 0 Å². The van der Waals surface area contributed by atoms with E-state index >= 15 is 0 Å². The fourth-order valence-corrected chi connectivity index (χ4v) is 0.785. The van der Waals surface area contributed by atoms with Crippen molar-refractivity contribution in [2.75, 3.05) is 0 Å². The Kier molecular flexibility index (Phi) is 5.92. The van der Waals surface area contributed by atoms with E-state index in [1.807, 2.05) is 0 Å². The highest BCUT2D eigenvalue weighted by molar-refractivity contribution is 6.09. The standard InChI is InChI=1S/C6H14Si/c1-2-3-4-5-6-7/h4-5H,2-3,6H2,1,7H3. The van der Waals surface area contributed by atoms with E-state index in [2.05, 4.69) is 19.1 Å². The number of unbranched alkanes of at least 4 members (excludes halogenated alkanes) is 1. The van der Waals surface area contributed by atoms with Crippen LogP contribution < -0.4 is 0 Å². The summed E-state index contributed by atoms with van der Waals surface area (Å²) in [6.45, 7) is 2.21. The molecule has 0 aromatic rings. The molecule has 42 valence electrons. The summed E-state index contributed by atoms with van der Waals surface area (Å²) in [6.07, 6.45) is 7.10. The van der Waals surface area contributed by atoms with Crippen LogP contribution in [0.1, 0.15) is 19.8 Å². The molecule has 0 amide bonds. The first-order chi connectivity index (χ1) is 3.41. The Morgan fingerprint density at radius 1 is 1.43 bits per heavy atom. The Morgan fingerprint density at radius 3 is 2.57 bits per heavy atom. The third kappa shape index (κ3) is 5.96. The maximum absolute atomic E-state index is 2.27. The molecule has 0 saturated carbocycles. The maximum atomic E-state index is 2.27. The molecule has 0 nitrogen and oxygen atoms in total. The van der Waals surface area contributed by atoms with Crippen molar-refractivity contribution in [1.29, 1.82) is 0 Å². The largest absolute Gasteiger partial charge is 0.0921 e. The van der Waals surface area contributed by atoms with Gasteiger partial charge >= 0.3 is 0 Å². The highest BCUT2D eigenvalue weighted by Crippen LogP contribution is 1.88. The zero-order valence-electron chi connectivity index (χ0n) is 5.28.